The number of hydrogen-bond acceptors (Lipinski definition) is 3. The summed E-state index contributed by atoms with van der Waals surface area (Å²) in [4.78, 5) is 6.29. The number of nitrogens with zero attached hydrogens (tertiary/aromatic N) is 2. The standard InChI is InChI=1S/C17H21ClN4O2S/c1-20-17(22(2)12-14-6-3-7-15(18)9-14)21-11-13-5-4-8-16(10-13)25(19,23)24/h3-10H,11-12H2,1-2H3,(H,20,21)(H2,19,23,24). The van der Waals surface area contributed by atoms with Crippen LogP contribution in [-0.4, -0.2) is 33.4 Å². The van der Waals surface area contributed by atoms with Crippen molar-refractivity contribution in [1.29, 1.82) is 0 Å². The maximum Gasteiger partial charge on any atom is 0.238 e. The van der Waals surface area contributed by atoms with E-state index in [1.807, 2.05) is 42.3 Å². The number of nitrogens with two attached hydrogens (primary N) is 1. The average Bonchev–Trinajstić information content (AvgIpc) is 2.55. The summed E-state index contributed by atoms with van der Waals surface area (Å²) < 4.78 is 22.9. The number of hydrogen-bond donors (Lipinski definition) is 2. The molecule has 2 aromatic carbocycles. The highest BCUT2D eigenvalue weighted by molar-refractivity contribution is 7.89. The molecular weight excluding hydrogens is 360 g/mol. The molecule has 25 heavy (non-hydrogen) atoms. The molecule has 6 nitrogen and oxygen atoms in total. The molecule has 0 aliphatic heterocycles. The average molecular weight is 381 g/mol. The lowest BCUT2D eigenvalue weighted by atomic mass is 10.2. The fourth-order valence-corrected chi connectivity index (χ4v) is 3.18. The molecule has 2 aromatic rings. The molecule has 0 bridgehead atoms. The minimum Gasteiger partial charge on any atom is -0.352 e. The highest BCUT2D eigenvalue weighted by Crippen LogP contribution is 2.13. The van der Waals surface area contributed by atoms with Crippen molar-refractivity contribution in [3.63, 3.8) is 0 Å². The van der Waals surface area contributed by atoms with Gasteiger partial charge in [0.2, 0.25) is 10.0 Å². The third-order valence-electron chi connectivity index (χ3n) is 3.56. The van der Waals surface area contributed by atoms with Crippen LogP contribution in [-0.2, 0) is 23.1 Å². The maximum atomic E-state index is 11.4. The normalized spacial score (nSPS) is 12.1. The van der Waals surface area contributed by atoms with Gasteiger partial charge in [-0.05, 0) is 35.4 Å². The largest absolute Gasteiger partial charge is 0.352 e. The van der Waals surface area contributed by atoms with Gasteiger partial charge in [-0.1, -0.05) is 35.9 Å². The van der Waals surface area contributed by atoms with Crippen LogP contribution in [0.5, 0.6) is 0 Å². The van der Waals surface area contributed by atoms with E-state index in [4.69, 9.17) is 16.7 Å². The lowest BCUT2D eigenvalue weighted by molar-refractivity contribution is 0.476. The predicted molar refractivity (Wildman–Crippen MR) is 101 cm³/mol. The Labute approximate surface area is 153 Å². The molecule has 0 fully saturated rings. The smallest absolute Gasteiger partial charge is 0.238 e. The fourth-order valence-electron chi connectivity index (χ4n) is 2.38. The quantitative estimate of drug-likeness (QED) is 0.614. The van der Waals surface area contributed by atoms with E-state index in [2.05, 4.69) is 10.3 Å². The van der Waals surface area contributed by atoms with Gasteiger partial charge in [-0.3, -0.25) is 4.99 Å². The summed E-state index contributed by atoms with van der Waals surface area (Å²) in [6.45, 7) is 1.06. The Balaban J connectivity index is 2.03. The highest BCUT2D eigenvalue weighted by Gasteiger charge is 2.10. The second kappa shape index (κ2) is 8.33. The van der Waals surface area contributed by atoms with Crippen LogP contribution in [0.3, 0.4) is 0 Å². The van der Waals surface area contributed by atoms with Gasteiger partial charge < -0.3 is 10.2 Å². The highest BCUT2D eigenvalue weighted by atomic mass is 35.5. The van der Waals surface area contributed by atoms with Crippen LogP contribution >= 0.6 is 11.6 Å². The molecule has 0 amide bonds. The molecule has 0 aliphatic rings. The molecule has 0 saturated carbocycles. The van der Waals surface area contributed by atoms with Crippen molar-refractivity contribution in [2.24, 2.45) is 10.1 Å². The summed E-state index contributed by atoms with van der Waals surface area (Å²) in [6.07, 6.45) is 0. The summed E-state index contributed by atoms with van der Waals surface area (Å²) >= 11 is 6.01. The van der Waals surface area contributed by atoms with Gasteiger partial charge in [-0.15, -0.1) is 0 Å². The molecule has 0 aliphatic carbocycles. The Bertz CT molecular complexity index is 868. The number of primary sulfonamides is 1. The van der Waals surface area contributed by atoms with Crippen molar-refractivity contribution < 1.29 is 8.42 Å². The first kappa shape index (κ1) is 19.2. The van der Waals surface area contributed by atoms with Crippen molar-refractivity contribution in [1.82, 2.24) is 10.2 Å². The molecule has 0 radical (unpaired) electrons. The van der Waals surface area contributed by atoms with Crippen molar-refractivity contribution in [3.8, 4) is 0 Å². The van der Waals surface area contributed by atoms with Gasteiger partial charge in [0, 0.05) is 32.2 Å². The third kappa shape index (κ3) is 5.74. The molecule has 0 saturated heterocycles. The van der Waals surface area contributed by atoms with Crippen LogP contribution in [0.2, 0.25) is 5.02 Å². The van der Waals surface area contributed by atoms with E-state index >= 15 is 0 Å². The lowest BCUT2D eigenvalue weighted by Crippen LogP contribution is -2.38. The minimum absolute atomic E-state index is 0.0917. The number of aliphatic imine (C=N–C) groups is 1. The molecule has 134 valence electrons. The second-order valence-electron chi connectivity index (χ2n) is 5.58. The Kier molecular flexibility index (Phi) is 6.41. The van der Waals surface area contributed by atoms with E-state index < -0.39 is 10.0 Å². The minimum atomic E-state index is -3.71. The number of guanidine groups is 1. The SMILES string of the molecule is CN=C(NCc1cccc(S(N)(=O)=O)c1)N(C)Cc1cccc(Cl)c1. The second-order valence-corrected chi connectivity index (χ2v) is 7.58. The van der Waals surface area contributed by atoms with E-state index in [9.17, 15) is 8.42 Å². The van der Waals surface area contributed by atoms with Gasteiger partial charge in [-0.25, -0.2) is 13.6 Å². The van der Waals surface area contributed by atoms with Gasteiger partial charge in [0.15, 0.2) is 5.96 Å². The molecule has 8 heteroatoms. The van der Waals surface area contributed by atoms with E-state index in [1.54, 1.807) is 19.2 Å². The molecule has 0 unspecified atom stereocenters. The topological polar surface area (TPSA) is 87.8 Å². The van der Waals surface area contributed by atoms with Crippen LogP contribution in [0.1, 0.15) is 11.1 Å². The van der Waals surface area contributed by atoms with E-state index in [1.165, 1.54) is 6.07 Å². The molecule has 2 rings (SSSR count). The zero-order valence-corrected chi connectivity index (χ0v) is 15.7. The van der Waals surface area contributed by atoms with Gasteiger partial charge in [0.25, 0.3) is 0 Å². The van der Waals surface area contributed by atoms with Gasteiger partial charge in [-0.2, -0.15) is 0 Å². The van der Waals surface area contributed by atoms with Crippen molar-refractivity contribution >= 4 is 27.6 Å². The van der Waals surface area contributed by atoms with E-state index in [0.717, 1.165) is 11.1 Å². The third-order valence-corrected chi connectivity index (χ3v) is 4.71. The number of nitrogens with one attached hydrogen (secondary N) is 1. The summed E-state index contributed by atoms with van der Waals surface area (Å²) in [5.74, 6) is 0.681. The Morgan fingerprint density at radius 2 is 1.88 bits per heavy atom. The first-order valence-electron chi connectivity index (χ1n) is 7.57. The van der Waals surface area contributed by atoms with Crippen LogP contribution in [0.25, 0.3) is 0 Å². The summed E-state index contributed by atoms with van der Waals surface area (Å²) in [5, 5.41) is 9.06. The van der Waals surface area contributed by atoms with Crippen LogP contribution < -0.4 is 10.5 Å². The zero-order chi connectivity index (χ0) is 18.4. The molecule has 0 spiro atoms. The van der Waals surface area contributed by atoms with Gasteiger partial charge in [0.1, 0.15) is 0 Å². The Hall–Kier alpha value is -2.09. The van der Waals surface area contributed by atoms with Crippen LogP contribution in [0.15, 0.2) is 58.4 Å². The summed E-state index contributed by atoms with van der Waals surface area (Å²) in [5.41, 5.74) is 1.86. The maximum absolute atomic E-state index is 11.4. The molecule has 0 heterocycles. The molecule has 0 aromatic heterocycles. The number of benzene rings is 2. The Morgan fingerprint density at radius 1 is 1.20 bits per heavy atom. The molecule has 3 N–H and O–H groups in total. The Morgan fingerprint density at radius 3 is 2.52 bits per heavy atom. The predicted octanol–water partition coefficient (Wildman–Crippen LogP) is 2.19. The monoisotopic (exact) mass is 380 g/mol. The van der Waals surface area contributed by atoms with Crippen LogP contribution in [0.4, 0.5) is 0 Å². The van der Waals surface area contributed by atoms with Crippen molar-refractivity contribution in [2.45, 2.75) is 18.0 Å². The lowest BCUT2D eigenvalue weighted by Gasteiger charge is -2.22. The van der Waals surface area contributed by atoms with Crippen molar-refractivity contribution in [3.05, 3.63) is 64.7 Å². The number of sulfonamides is 1. The van der Waals surface area contributed by atoms with Crippen LogP contribution in [0, 0.1) is 0 Å². The van der Waals surface area contributed by atoms with E-state index in [-0.39, 0.29) is 4.90 Å². The molecule has 0 atom stereocenters. The first-order chi connectivity index (χ1) is 11.8. The number of rotatable bonds is 5. The summed E-state index contributed by atoms with van der Waals surface area (Å²) in [7, 11) is -0.106. The fraction of sp³-hybridized carbons (Fsp3) is 0.235. The number of halogens is 1. The van der Waals surface area contributed by atoms with Crippen molar-refractivity contribution in [2.75, 3.05) is 14.1 Å². The van der Waals surface area contributed by atoms with Gasteiger partial charge in [0.05, 0.1) is 4.90 Å². The van der Waals surface area contributed by atoms with E-state index in [0.29, 0.717) is 24.1 Å². The van der Waals surface area contributed by atoms with Gasteiger partial charge >= 0.3 is 0 Å². The molecular formula is C17H21ClN4O2S. The summed E-state index contributed by atoms with van der Waals surface area (Å²) in [6, 6.07) is 14.1. The first-order valence-corrected chi connectivity index (χ1v) is 9.50. The zero-order valence-electron chi connectivity index (χ0n) is 14.1.